The Morgan fingerprint density at radius 1 is 1.08 bits per heavy atom. The first-order valence-corrected chi connectivity index (χ1v) is 7.85. The summed E-state index contributed by atoms with van der Waals surface area (Å²) >= 11 is 0. The second-order valence-corrected chi connectivity index (χ2v) is 5.85. The van der Waals surface area contributed by atoms with Crippen molar-refractivity contribution >= 4 is 5.95 Å². The number of H-pyrrole nitrogens is 1. The average molecular weight is 333 g/mol. The van der Waals surface area contributed by atoms with Crippen LogP contribution in [0.3, 0.4) is 0 Å². The highest BCUT2D eigenvalue weighted by Gasteiger charge is 2.37. The molecule has 1 aliphatic heterocycles. The van der Waals surface area contributed by atoms with Crippen LogP contribution in [-0.2, 0) is 4.74 Å². The summed E-state index contributed by atoms with van der Waals surface area (Å²) in [5.74, 6) is 2.36. The van der Waals surface area contributed by atoms with E-state index in [-0.39, 0.29) is 12.1 Å². The highest BCUT2D eigenvalue weighted by molar-refractivity contribution is 5.41. The van der Waals surface area contributed by atoms with Crippen LogP contribution in [0.1, 0.15) is 29.7 Å². The fourth-order valence-electron chi connectivity index (χ4n) is 2.91. The number of nitrogens with one attached hydrogen (secondary N) is 1. The molecule has 2 aromatic rings. The summed E-state index contributed by atoms with van der Waals surface area (Å²) in [7, 11) is 4.87. The number of hydrogen-bond donors (Lipinski definition) is 1. The maximum atomic E-state index is 5.56. The normalized spacial score (nSPS) is 20.5. The number of hydrogen-bond acceptors (Lipinski definition) is 7. The van der Waals surface area contributed by atoms with Crippen molar-refractivity contribution in [2.75, 3.05) is 32.8 Å². The zero-order valence-electron chi connectivity index (χ0n) is 14.7. The number of aromatic nitrogens is 4. The van der Waals surface area contributed by atoms with Gasteiger partial charge in [0.25, 0.3) is 0 Å². The van der Waals surface area contributed by atoms with E-state index >= 15 is 0 Å². The molecule has 0 bridgehead atoms. The first-order chi connectivity index (χ1) is 11.5. The number of aromatic amines is 1. The van der Waals surface area contributed by atoms with Gasteiger partial charge in [0, 0.05) is 25.8 Å². The number of aryl methyl sites for hydroxylation is 2. The molecule has 8 heteroatoms. The van der Waals surface area contributed by atoms with Gasteiger partial charge in [-0.2, -0.15) is 9.97 Å². The monoisotopic (exact) mass is 333 g/mol. The molecule has 130 valence electrons. The van der Waals surface area contributed by atoms with Gasteiger partial charge in [0.1, 0.15) is 5.82 Å². The van der Waals surface area contributed by atoms with E-state index in [9.17, 15) is 0 Å². The molecule has 8 nitrogen and oxygen atoms in total. The molecule has 2 atom stereocenters. The third-order valence-electron chi connectivity index (χ3n) is 4.40. The van der Waals surface area contributed by atoms with Crippen molar-refractivity contribution < 1.29 is 14.2 Å². The van der Waals surface area contributed by atoms with Crippen molar-refractivity contribution in [3.63, 3.8) is 0 Å². The molecule has 1 aliphatic rings. The molecule has 0 saturated carbocycles. The molecule has 0 aliphatic carbocycles. The molecule has 3 heterocycles. The second kappa shape index (κ2) is 6.64. The van der Waals surface area contributed by atoms with Gasteiger partial charge in [-0.25, -0.2) is 4.98 Å². The molecule has 24 heavy (non-hydrogen) atoms. The van der Waals surface area contributed by atoms with Crippen LogP contribution in [0.15, 0.2) is 6.07 Å². The van der Waals surface area contributed by atoms with Crippen LogP contribution in [0.4, 0.5) is 5.95 Å². The number of nitrogens with zero attached hydrogens (tertiary/aromatic N) is 4. The van der Waals surface area contributed by atoms with Gasteiger partial charge in [0.15, 0.2) is 0 Å². The summed E-state index contributed by atoms with van der Waals surface area (Å²) in [6, 6.07) is 1.67. The smallest absolute Gasteiger partial charge is 0.232 e. The molecule has 0 radical (unpaired) electrons. The van der Waals surface area contributed by atoms with Gasteiger partial charge in [0.2, 0.25) is 17.7 Å². The van der Waals surface area contributed by atoms with E-state index in [2.05, 4.69) is 24.8 Å². The predicted molar refractivity (Wildman–Crippen MR) is 88.7 cm³/mol. The summed E-state index contributed by atoms with van der Waals surface area (Å²) in [6.07, 6.45) is 0.896. The molecule has 0 spiro atoms. The molecule has 1 N–H and O–H groups in total. The molecule has 1 saturated heterocycles. The zero-order valence-corrected chi connectivity index (χ0v) is 14.7. The lowest BCUT2D eigenvalue weighted by atomic mass is 10.2. The van der Waals surface area contributed by atoms with E-state index in [0.717, 1.165) is 23.6 Å². The Morgan fingerprint density at radius 3 is 2.25 bits per heavy atom. The Hall–Kier alpha value is -2.35. The quantitative estimate of drug-likeness (QED) is 0.893. The maximum Gasteiger partial charge on any atom is 0.232 e. The van der Waals surface area contributed by atoms with Crippen LogP contribution in [0.2, 0.25) is 0 Å². The van der Waals surface area contributed by atoms with Crippen LogP contribution in [0.25, 0.3) is 0 Å². The Morgan fingerprint density at radius 2 is 1.75 bits per heavy atom. The fraction of sp³-hybridized carbons (Fsp3) is 0.562. The Labute approximate surface area is 141 Å². The standard InChI is InChI=1S/C16H23N5O3/c1-9-10(2)18-15(17-9)12-6-11(22-3)8-21(12)16-19-13(23-4)7-14(20-16)24-5/h7,11-12H,6,8H2,1-5H3,(H,17,18)/t11-,12+/m1/s1. The van der Waals surface area contributed by atoms with E-state index in [4.69, 9.17) is 14.2 Å². The van der Waals surface area contributed by atoms with Gasteiger partial charge in [-0.15, -0.1) is 0 Å². The van der Waals surface area contributed by atoms with Crippen LogP contribution < -0.4 is 14.4 Å². The van der Waals surface area contributed by atoms with Gasteiger partial charge in [0.05, 0.1) is 38.1 Å². The van der Waals surface area contributed by atoms with Crippen molar-refractivity contribution in [1.29, 1.82) is 0 Å². The Balaban J connectivity index is 1.99. The van der Waals surface area contributed by atoms with Crippen LogP contribution in [0, 0.1) is 13.8 Å². The topological polar surface area (TPSA) is 85.4 Å². The maximum absolute atomic E-state index is 5.56. The van der Waals surface area contributed by atoms with Gasteiger partial charge in [-0.05, 0) is 13.8 Å². The minimum atomic E-state index is 0.0131. The van der Waals surface area contributed by atoms with E-state index < -0.39 is 0 Å². The minimum Gasteiger partial charge on any atom is -0.481 e. The molecular formula is C16H23N5O3. The number of methoxy groups -OCH3 is 3. The van der Waals surface area contributed by atoms with Gasteiger partial charge in [-0.3, -0.25) is 0 Å². The van der Waals surface area contributed by atoms with Crippen molar-refractivity contribution in [3.8, 4) is 11.8 Å². The molecule has 3 rings (SSSR count). The summed E-state index contributed by atoms with van der Waals surface area (Å²) in [6.45, 7) is 4.69. The average Bonchev–Trinajstić information content (AvgIpc) is 3.18. The van der Waals surface area contributed by atoms with Crippen LogP contribution >= 0.6 is 0 Å². The van der Waals surface area contributed by atoms with E-state index in [1.165, 1.54) is 0 Å². The lowest BCUT2D eigenvalue weighted by molar-refractivity contribution is 0.118. The Kier molecular flexibility index (Phi) is 4.57. The molecule has 2 aromatic heterocycles. The zero-order chi connectivity index (χ0) is 17.3. The van der Waals surface area contributed by atoms with Crippen LogP contribution in [0.5, 0.6) is 11.8 Å². The molecule has 0 amide bonds. The number of rotatable bonds is 5. The number of ether oxygens (including phenoxy) is 3. The predicted octanol–water partition coefficient (Wildman–Crippen LogP) is 1.80. The highest BCUT2D eigenvalue weighted by atomic mass is 16.5. The highest BCUT2D eigenvalue weighted by Crippen LogP contribution is 2.36. The fourth-order valence-corrected chi connectivity index (χ4v) is 2.91. The van der Waals surface area contributed by atoms with Gasteiger partial charge in [-0.1, -0.05) is 0 Å². The van der Waals surface area contributed by atoms with Gasteiger partial charge >= 0.3 is 0 Å². The van der Waals surface area contributed by atoms with E-state index in [1.54, 1.807) is 27.4 Å². The largest absolute Gasteiger partial charge is 0.481 e. The summed E-state index contributed by atoms with van der Waals surface area (Å²) in [5, 5.41) is 0. The van der Waals surface area contributed by atoms with Crippen molar-refractivity contribution in [2.24, 2.45) is 0 Å². The summed E-state index contributed by atoms with van der Waals surface area (Å²) in [4.78, 5) is 19.0. The third-order valence-corrected chi connectivity index (χ3v) is 4.40. The molecule has 0 aromatic carbocycles. The lowest BCUT2D eigenvalue weighted by Crippen LogP contribution is -2.27. The lowest BCUT2D eigenvalue weighted by Gasteiger charge is -2.23. The van der Waals surface area contributed by atoms with E-state index in [0.29, 0.717) is 24.3 Å². The summed E-state index contributed by atoms with van der Waals surface area (Å²) in [5.41, 5.74) is 2.06. The van der Waals surface area contributed by atoms with Crippen molar-refractivity contribution in [2.45, 2.75) is 32.4 Å². The molecular weight excluding hydrogens is 310 g/mol. The third kappa shape index (κ3) is 3.01. The number of anilines is 1. The second-order valence-electron chi connectivity index (χ2n) is 5.85. The first-order valence-electron chi connectivity index (χ1n) is 7.85. The van der Waals surface area contributed by atoms with Crippen molar-refractivity contribution in [3.05, 3.63) is 23.3 Å². The van der Waals surface area contributed by atoms with Crippen molar-refractivity contribution in [1.82, 2.24) is 19.9 Å². The molecule has 0 unspecified atom stereocenters. The van der Waals surface area contributed by atoms with Crippen LogP contribution in [-0.4, -0.2) is 53.9 Å². The Bertz CT molecular complexity index is 676. The number of imidazole rings is 1. The SMILES string of the molecule is COc1cc(OC)nc(N2C[C@H](OC)C[C@H]2c2nc(C)c(C)[nH]2)n1. The summed E-state index contributed by atoms with van der Waals surface area (Å²) < 4.78 is 16.1. The minimum absolute atomic E-state index is 0.0131. The molecule has 1 fully saturated rings. The first kappa shape index (κ1) is 16.5. The van der Waals surface area contributed by atoms with Gasteiger partial charge < -0.3 is 24.1 Å². The van der Waals surface area contributed by atoms with E-state index in [1.807, 2.05) is 13.8 Å².